The molecule has 26 heavy (non-hydrogen) atoms. The Labute approximate surface area is 156 Å². The Hall–Kier alpha value is -2.44. The highest BCUT2D eigenvalue weighted by atomic mass is 32.1. The molecule has 0 spiro atoms. The first-order chi connectivity index (χ1) is 12.7. The standard InChI is InChI=1S/C20H21N3O2S/c1-14(15-5-3-2-4-6-15)21-19(24)16-7-8-17-18(13-16)26-20(22-17)23-9-11-25-12-10-23/h2-8,13-14H,9-12H2,1H3,(H,21,24). The van der Waals surface area contributed by atoms with Gasteiger partial charge in [0.1, 0.15) is 0 Å². The van der Waals surface area contributed by atoms with E-state index < -0.39 is 0 Å². The van der Waals surface area contributed by atoms with Crippen molar-refractivity contribution >= 4 is 32.6 Å². The van der Waals surface area contributed by atoms with Crippen LogP contribution in [-0.4, -0.2) is 37.2 Å². The second-order valence-electron chi connectivity index (χ2n) is 6.38. The van der Waals surface area contributed by atoms with Gasteiger partial charge in [0.05, 0.1) is 29.5 Å². The quantitative estimate of drug-likeness (QED) is 0.765. The molecule has 1 saturated heterocycles. The van der Waals surface area contributed by atoms with Crippen molar-refractivity contribution in [3.05, 3.63) is 59.7 Å². The van der Waals surface area contributed by atoms with Crippen molar-refractivity contribution < 1.29 is 9.53 Å². The summed E-state index contributed by atoms with van der Waals surface area (Å²) in [6, 6.07) is 15.6. The van der Waals surface area contributed by atoms with Crippen LogP contribution < -0.4 is 10.2 Å². The van der Waals surface area contributed by atoms with Gasteiger partial charge in [-0.15, -0.1) is 0 Å². The summed E-state index contributed by atoms with van der Waals surface area (Å²) in [5.41, 5.74) is 2.69. The van der Waals surface area contributed by atoms with Gasteiger partial charge in [-0.1, -0.05) is 41.7 Å². The molecule has 2 aromatic carbocycles. The lowest BCUT2D eigenvalue weighted by atomic mass is 10.1. The van der Waals surface area contributed by atoms with Crippen LogP contribution in [0.4, 0.5) is 5.13 Å². The molecular weight excluding hydrogens is 346 g/mol. The number of hydrogen-bond acceptors (Lipinski definition) is 5. The van der Waals surface area contributed by atoms with E-state index in [4.69, 9.17) is 9.72 Å². The number of nitrogens with zero attached hydrogens (tertiary/aromatic N) is 2. The van der Waals surface area contributed by atoms with Crippen LogP contribution in [0.5, 0.6) is 0 Å². The van der Waals surface area contributed by atoms with E-state index in [2.05, 4.69) is 10.2 Å². The second-order valence-corrected chi connectivity index (χ2v) is 7.39. The number of anilines is 1. The lowest BCUT2D eigenvalue weighted by molar-refractivity contribution is 0.0940. The fraction of sp³-hybridized carbons (Fsp3) is 0.300. The molecular formula is C20H21N3O2S. The molecule has 1 unspecified atom stereocenters. The van der Waals surface area contributed by atoms with Crippen LogP contribution in [0.3, 0.4) is 0 Å². The highest BCUT2D eigenvalue weighted by molar-refractivity contribution is 7.22. The van der Waals surface area contributed by atoms with E-state index in [1.54, 1.807) is 11.3 Å². The molecule has 5 nitrogen and oxygen atoms in total. The molecule has 6 heteroatoms. The van der Waals surface area contributed by atoms with Crippen molar-refractivity contribution in [1.82, 2.24) is 10.3 Å². The number of morpholine rings is 1. The average molecular weight is 367 g/mol. The van der Waals surface area contributed by atoms with Crippen LogP contribution in [0.2, 0.25) is 0 Å². The topological polar surface area (TPSA) is 54.5 Å². The second kappa shape index (κ2) is 7.43. The Bertz CT molecular complexity index is 904. The Morgan fingerprint density at radius 3 is 2.73 bits per heavy atom. The largest absolute Gasteiger partial charge is 0.378 e. The third-order valence-electron chi connectivity index (χ3n) is 4.57. The first kappa shape index (κ1) is 17.0. The van der Waals surface area contributed by atoms with Crippen molar-refractivity contribution in [1.29, 1.82) is 0 Å². The third-order valence-corrected chi connectivity index (χ3v) is 5.65. The monoisotopic (exact) mass is 367 g/mol. The highest BCUT2D eigenvalue weighted by Gasteiger charge is 2.17. The molecule has 0 aliphatic carbocycles. The van der Waals surface area contributed by atoms with Gasteiger partial charge in [0.2, 0.25) is 0 Å². The molecule has 2 heterocycles. The number of fused-ring (bicyclic) bond motifs is 1. The molecule has 1 amide bonds. The van der Waals surface area contributed by atoms with Gasteiger partial charge in [0.15, 0.2) is 5.13 Å². The normalized spacial score (nSPS) is 15.8. The number of amides is 1. The fourth-order valence-corrected chi connectivity index (χ4v) is 4.11. The van der Waals surface area contributed by atoms with Crippen molar-refractivity contribution in [3.63, 3.8) is 0 Å². The molecule has 0 bridgehead atoms. The van der Waals surface area contributed by atoms with Gasteiger partial charge in [-0.2, -0.15) is 0 Å². The highest BCUT2D eigenvalue weighted by Crippen LogP contribution is 2.30. The van der Waals surface area contributed by atoms with E-state index in [9.17, 15) is 4.79 Å². The van der Waals surface area contributed by atoms with E-state index in [1.165, 1.54) is 0 Å². The average Bonchev–Trinajstić information content (AvgIpc) is 3.12. The number of thiazole rings is 1. The maximum absolute atomic E-state index is 12.6. The SMILES string of the molecule is CC(NC(=O)c1ccc2nc(N3CCOCC3)sc2c1)c1ccccc1. The van der Waals surface area contributed by atoms with Crippen LogP contribution in [0.1, 0.15) is 28.9 Å². The van der Waals surface area contributed by atoms with Crippen molar-refractivity contribution in [2.24, 2.45) is 0 Å². The van der Waals surface area contributed by atoms with Gasteiger partial charge >= 0.3 is 0 Å². The van der Waals surface area contributed by atoms with E-state index in [-0.39, 0.29) is 11.9 Å². The van der Waals surface area contributed by atoms with Gasteiger partial charge in [0.25, 0.3) is 5.91 Å². The maximum Gasteiger partial charge on any atom is 0.251 e. The molecule has 1 aromatic heterocycles. The van der Waals surface area contributed by atoms with E-state index in [0.717, 1.165) is 47.2 Å². The zero-order chi connectivity index (χ0) is 17.9. The van der Waals surface area contributed by atoms with E-state index in [1.807, 2.05) is 55.5 Å². The van der Waals surface area contributed by atoms with Crippen LogP contribution >= 0.6 is 11.3 Å². The lowest BCUT2D eigenvalue weighted by Gasteiger charge is -2.25. The first-order valence-electron chi connectivity index (χ1n) is 8.80. The van der Waals surface area contributed by atoms with Crippen LogP contribution in [0, 0.1) is 0 Å². The summed E-state index contributed by atoms with van der Waals surface area (Å²) in [5.74, 6) is -0.0652. The lowest BCUT2D eigenvalue weighted by Crippen LogP contribution is -2.36. The maximum atomic E-state index is 12.6. The van der Waals surface area contributed by atoms with Crippen molar-refractivity contribution in [2.75, 3.05) is 31.2 Å². The van der Waals surface area contributed by atoms with Gasteiger partial charge in [-0.25, -0.2) is 4.98 Å². The number of carbonyl (C=O) groups is 1. The number of benzene rings is 2. The third kappa shape index (κ3) is 3.57. The number of hydrogen-bond donors (Lipinski definition) is 1. The molecule has 0 radical (unpaired) electrons. The first-order valence-corrected chi connectivity index (χ1v) is 9.61. The molecule has 1 aliphatic heterocycles. The zero-order valence-corrected chi connectivity index (χ0v) is 15.5. The molecule has 4 rings (SSSR count). The van der Waals surface area contributed by atoms with Gasteiger partial charge in [0, 0.05) is 18.7 Å². The number of aromatic nitrogens is 1. The molecule has 134 valence electrons. The van der Waals surface area contributed by atoms with E-state index >= 15 is 0 Å². The Morgan fingerprint density at radius 2 is 1.96 bits per heavy atom. The minimum atomic E-state index is -0.0652. The summed E-state index contributed by atoms with van der Waals surface area (Å²) < 4.78 is 6.44. The number of carbonyl (C=O) groups excluding carboxylic acids is 1. The number of rotatable bonds is 4. The molecule has 0 saturated carbocycles. The summed E-state index contributed by atoms with van der Waals surface area (Å²) in [6.07, 6.45) is 0. The fourth-order valence-electron chi connectivity index (χ4n) is 3.05. The summed E-state index contributed by atoms with van der Waals surface area (Å²) >= 11 is 1.63. The minimum Gasteiger partial charge on any atom is -0.378 e. The van der Waals surface area contributed by atoms with Crippen LogP contribution in [-0.2, 0) is 4.74 Å². The Morgan fingerprint density at radius 1 is 1.19 bits per heavy atom. The Balaban J connectivity index is 1.52. The molecule has 1 fully saturated rings. The summed E-state index contributed by atoms with van der Waals surface area (Å²) in [5, 5.41) is 4.06. The van der Waals surface area contributed by atoms with Gasteiger partial charge in [-0.05, 0) is 30.7 Å². The molecule has 1 aliphatic rings. The van der Waals surface area contributed by atoms with Crippen LogP contribution in [0.15, 0.2) is 48.5 Å². The molecule has 1 N–H and O–H groups in total. The molecule has 1 atom stereocenters. The summed E-state index contributed by atoms with van der Waals surface area (Å²) in [7, 11) is 0. The predicted molar refractivity (Wildman–Crippen MR) is 105 cm³/mol. The van der Waals surface area contributed by atoms with Gasteiger partial charge < -0.3 is 15.0 Å². The van der Waals surface area contributed by atoms with E-state index in [0.29, 0.717) is 5.56 Å². The minimum absolute atomic E-state index is 0.0373. The Kier molecular flexibility index (Phi) is 4.86. The van der Waals surface area contributed by atoms with Gasteiger partial charge in [-0.3, -0.25) is 4.79 Å². The number of ether oxygens (including phenoxy) is 1. The smallest absolute Gasteiger partial charge is 0.251 e. The predicted octanol–water partition coefficient (Wildman–Crippen LogP) is 3.62. The molecule has 3 aromatic rings. The van der Waals surface area contributed by atoms with Crippen molar-refractivity contribution in [3.8, 4) is 0 Å². The zero-order valence-electron chi connectivity index (χ0n) is 14.6. The summed E-state index contributed by atoms with van der Waals surface area (Å²) in [6.45, 7) is 5.19. The van der Waals surface area contributed by atoms with Crippen molar-refractivity contribution in [2.45, 2.75) is 13.0 Å². The summed E-state index contributed by atoms with van der Waals surface area (Å²) in [4.78, 5) is 19.6. The van der Waals surface area contributed by atoms with Crippen LogP contribution in [0.25, 0.3) is 10.2 Å². The number of nitrogens with one attached hydrogen (secondary N) is 1.